The minimum Gasteiger partial charge on any atom is -0.316 e. The molecule has 0 spiro atoms. The molecular weight excluding hydrogens is 240 g/mol. The second kappa shape index (κ2) is 4.97. The van der Waals surface area contributed by atoms with Crippen molar-refractivity contribution in [3.63, 3.8) is 0 Å². The number of amides is 1. The smallest absolute Gasteiger partial charge is 0.299 e. The molecule has 1 aliphatic rings. The van der Waals surface area contributed by atoms with Gasteiger partial charge in [0.1, 0.15) is 0 Å². The normalized spacial score (nSPS) is 13.9. The van der Waals surface area contributed by atoms with Crippen molar-refractivity contribution in [2.45, 2.75) is 13.8 Å². The quantitative estimate of drug-likeness (QED) is 0.659. The Labute approximate surface area is 113 Å². The maximum atomic E-state index is 12.1. The molecule has 4 heteroatoms. The van der Waals surface area contributed by atoms with Gasteiger partial charge in [-0.1, -0.05) is 12.6 Å². The highest BCUT2D eigenvalue weighted by Crippen LogP contribution is 2.34. The molecule has 1 amide bonds. The molecule has 0 bridgehead atoms. The van der Waals surface area contributed by atoms with Crippen LogP contribution in [-0.4, -0.2) is 31.8 Å². The Hall–Kier alpha value is -1.94. The van der Waals surface area contributed by atoms with E-state index in [1.54, 1.807) is 11.0 Å². The molecule has 0 atom stereocenters. The highest BCUT2D eigenvalue weighted by molar-refractivity contribution is 6.52. The van der Waals surface area contributed by atoms with E-state index < -0.39 is 11.7 Å². The van der Waals surface area contributed by atoms with Gasteiger partial charge in [0, 0.05) is 13.1 Å². The fourth-order valence-electron chi connectivity index (χ4n) is 2.35. The second-order valence-corrected chi connectivity index (χ2v) is 4.90. The molecular formula is C15H18N2O2. The average Bonchev–Trinajstić information content (AvgIpc) is 2.60. The lowest BCUT2D eigenvalue weighted by molar-refractivity contribution is -0.114. The fourth-order valence-corrected chi connectivity index (χ4v) is 2.35. The summed E-state index contributed by atoms with van der Waals surface area (Å²) in [5.41, 5.74) is 4.18. The minimum absolute atomic E-state index is 0.378. The molecule has 1 N–H and O–H groups in total. The van der Waals surface area contributed by atoms with Crippen LogP contribution in [0.15, 0.2) is 24.3 Å². The Morgan fingerprint density at radius 2 is 2.00 bits per heavy atom. The first-order chi connectivity index (χ1) is 8.97. The number of benzene rings is 1. The van der Waals surface area contributed by atoms with Gasteiger partial charge in [-0.15, -0.1) is 0 Å². The van der Waals surface area contributed by atoms with E-state index in [0.29, 0.717) is 18.7 Å². The molecule has 4 nitrogen and oxygen atoms in total. The molecule has 0 radical (unpaired) electrons. The summed E-state index contributed by atoms with van der Waals surface area (Å²) in [5.74, 6) is -0.878. The number of nitrogens with zero attached hydrogens (tertiary/aromatic N) is 1. The maximum absolute atomic E-state index is 12.1. The maximum Gasteiger partial charge on any atom is 0.299 e. The Balaban J connectivity index is 2.43. The number of anilines is 1. The van der Waals surface area contributed by atoms with E-state index in [1.165, 1.54) is 0 Å². The molecule has 19 heavy (non-hydrogen) atoms. The van der Waals surface area contributed by atoms with Gasteiger partial charge in [-0.2, -0.15) is 0 Å². The van der Waals surface area contributed by atoms with Crippen molar-refractivity contribution in [2.24, 2.45) is 0 Å². The number of Topliss-reactive ketones (excluding diaryl/α,β-unsaturated/α-hetero) is 1. The van der Waals surface area contributed by atoms with Crippen molar-refractivity contribution in [3.05, 3.63) is 41.0 Å². The van der Waals surface area contributed by atoms with Gasteiger partial charge in [-0.25, -0.2) is 0 Å². The first kappa shape index (κ1) is 13.5. The number of rotatable bonds is 4. The SMILES string of the molecule is C=C(CNC)CN1C(=O)C(=O)c2ccc(C)c(C)c21. The summed E-state index contributed by atoms with van der Waals surface area (Å²) in [6, 6.07) is 3.62. The molecule has 0 aromatic heterocycles. The number of likely N-dealkylation sites (N-methyl/N-ethyl adjacent to an activating group) is 1. The Morgan fingerprint density at radius 1 is 1.32 bits per heavy atom. The zero-order valence-electron chi connectivity index (χ0n) is 11.5. The van der Waals surface area contributed by atoms with Gasteiger partial charge in [0.2, 0.25) is 0 Å². The number of carbonyl (C=O) groups excluding carboxylic acids is 2. The summed E-state index contributed by atoms with van der Waals surface area (Å²) in [6.07, 6.45) is 0. The highest BCUT2D eigenvalue weighted by Gasteiger charge is 2.37. The van der Waals surface area contributed by atoms with Crippen molar-refractivity contribution in [1.29, 1.82) is 0 Å². The van der Waals surface area contributed by atoms with Gasteiger partial charge in [0.05, 0.1) is 11.3 Å². The monoisotopic (exact) mass is 258 g/mol. The molecule has 2 rings (SSSR count). The summed E-state index contributed by atoms with van der Waals surface area (Å²) < 4.78 is 0. The van der Waals surface area contributed by atoms with Crippen LogP contribution in [0.25, 0.3) is 0 Å². The second-order valence-electron chi connectivity index (χ2n) is 4.90. The predicted octanol–water partition coefficient (Wildman–Crippen LogP) is 1.61. The third-order valence-corrected chi connectivity index (χ3v) is 3.46. The average molecular weight is 258 g/mol. The van der Waals surface area contributed by atoms with E-state index >= 15 is 0 Å². The van der Waals surface area contributed by atoms with Crippen LogP contribution in [0.2, 0.25) is 0 Å². The summed E-state index contributed by atoms with van der Waals surface area (Å²) in [7, 11) is 1.82. The largest absolute Gasteiger partial charge is 0.316 e. The molecule has 100 valence electrons. The molecule has 0 unspecified atom stereocenters. The van der Waals surface area contributed by atoms with Crippen LogP contribution in [0, 0.1) is 13.8 Å². The van der Waals surface area contributed by atoms with Gasteiger partial charge in [-0.3, -0.25) is 9.59 Å². The molecule has 0 fully saturated rings. The number of hydrogen-bond acceptors (Lipinski definition) is 3. The molecule has 0 saturated heterocycles. The van der Waals surface area contributed by atoms with Crippen molar-refractivity contribution in [3.8, 4) is 0 Å². The zero-order chi connectivity index (χ0) is 14.2. The Bertz CT molecular complexity index is 576. The van der Waals surface area contributed by atoms with Crippen molar-refractivity contribution >= 4 is 17.4 Å². The fraction of sp³-hybridized carbons (Fsp3) is 0.333. The van der Waals surface area contributed by atoms with Crippen LogP contribution in [0.5, 0.6) is 0 Å². The van der Waals surface area contributed by atoms with Crippen LogP contribution in [0.1, 0.15) is 21.5 Å². The van der Waals surface area contributed by atoms with E-state index in [1.807, 2.05) is 27.0 Å². The lowest BCUT2D eigenvalue weighted by Crippen LogP contribution is -2.33. The van der Waals surface area contributed by atoms with Crippen LogP contribution >= 0.6 is 0 Å². The zero-order valence-corrected chi connectivity index (χ0v) is 11.5. The van der Waals surface area contributed by atoms with Gasteiger partial charge >= 0.3 is 0 Å². The van der Waals surface area contributed by atoms with Crippen LogP contribution in [0.3, 0.4) is 0 Å². The molecule has 0 saturated carbocycles. The number of aryl methyl sites for hydroxylation is 1. The van der Waals surface area contributed by atoms with E-state index in [4.69, 9.17) is 0 Å². The Morgan fingerprint density at radius 3 is 2.63 bits per heavy atom. The number of ketones is 1. The minimum atomic E-state index is -0.457. The third-order valence-electron chi connectivity index (χ3n) is 3.46. The van der Waals surface area contributed by atoms with Crippen LogP contribution < -0.4 is 10.2 Å². The van der Waals surface area contributed by atoms with Crippen LogP contribution in [-0.2, 0) is 4.79 Å². The van der Waals surface area contributed by atoms with Gasteiger partial charge in [0.25, 0.3) is 11.7 Å². The summed E-state index contributed by atoms with van der Waals surface area (Å²) in [5, 5.41) is 3.00. The molecule has 1 aromatic rings. The number of fused-ring (bicyclic) bond motifs is 1. The van der Waals surface area contributed by atoms with E-state index in [0.717, 1.165) is 22.4 Å². The predicted molar refractivity (Wildman–Crippen MR) is 75.7 cm³/mol. The van der Waals surface area contributed by atoms with Crippen molar-refractivity contribution in [1.82, 2.24) is 5.32 Å². The van der Waals surface area contributed by atoms with Crippen molar-refractivity contribution in [2.75, 3.05) is 25.0 Å². The van der Waals surface area contributed by atoms with Gasteiger partial charge in [-0.05, 0) is 43.7 Å². The van der Waals surface area contributed by atoms with E-state index in [9.17, 15) is 9.59 Å². The van der Waals surface area contributed by atoms with Crippen LogP contribution in [0.4, 0.5) is 5.69 Å². The summed E-state index contributed by atoms with van der Waals surface area (Å²) >= 11 is 0. The van der Waals surface area contributed by atoms with E-state index in [2.05, 4.69) is 11.9 Å². The topological polar surface area (TPSA) is 49.4 Å². The van der Waals surface area contributed by atoms with Gasteiger partial charge < -0.3 is 10.2 Å². The molecule has 1 aliphatic heterocycles. The summed E-state index contributed by atoms with van der Waals surface area (Å²) in [6.45, 7) is 8.84. The number of nitrogens with one attached hydrogen (secondary N) is 1. The van der Waals surface area contributed by atoms with E-state index in [-0.39, 0.29) is 0 Å². The highest BCUT2D eigenvalue weighted by atomic mass is 16.2. The molecule has 1 heterocycles. The lowest BCUT2D eigenvalue weighted by Gasteiger charge is -2.20. The number of carbonyl (C=O) groups is 2. The Kier molecular flexibility index (Phi) is 3.53. The summed E-state index contributed by atoms with van der Waals surface area (Å²) in [4.78, 5) is 25.6. The van der Waals surface area contributed by atoms with Gasteiger partial charge in [0.15, 0.2) is 0 Å². The van der Waals surface area contributed by atoms with Crippen molar-refractivity contribution < 1.29 is 9.59 Å². The first-order valence-electron chi connectivity index (χ1n) is 6.25. The lowest BCUT2D eigenvalue weighted by atomic mass is 10.0. The molecule has 1 aromatic carbocycles. The first-order valence-corrected chi connectivity index (χ1v) is 6.25. The third kappa shape index (κ3) is 2.19. The number of hydrogen-bond donors (Lipinski definition) is 1. The standard InChI is InChI=1S/C15H18N2O2/c1-9(7-16-4)8-17-13-11(3)10(2)5-6-12(13)14(18)15(17)19/h5-6,16H,1,7-8H2,2-4H3. The molecule has 0 aliphatic carbocycles.